The zero-order chi connectivity index (χ0) is 23.1. The molecule has 0 fully saturated rings. The fourth-order valence-electron chi connectivity index (χ4n) is 2.97. The van der Waals surface area contributed by atoms with E-state index in [1.165, 1.54) is 17.6 Å². The molecule has 11 heteroatoms. The summed E-state index contributed by atoms with van der Waals surface area (Å²) in [5.41, 5.74) is 7.92. The van der Waals surface area contributed by atoms with Crippen molar-refractivity contribution in [2.75, 3.05) is 19.7 Å². The summed E-state index contributed by atoms with van der Waals surface area (Å²) in [7, 11) is 0. The molecule has 0 bridgehead atoms. The summed E-state index contributed by atoms with van der Waals surface area (Å²) in [5.74, 6) is -1.63. The minimum Gasteiger partial charge on any atom is -0.492 e. The fourth-order valence-corrected chi connectivity index (χ4v) is 2.97. The van der Waals surface area contributed by atoms with E-state index in [1.807, 2.05) is 0 Å². The number of rotatable bonds is 10. The summed E-state index contributed by atoms with van der Waals surface area (Å²) in [6.07, 6.45) is 0. The van der Waals surface area contributed by atoms with E-state index in [0.717, 1.165) is 0 Å². The van der Waals surface area contributed by atoms with Crippen molar-refractivity contribution in [1.29, 1.82) is 0 Å². The van der Waals surface area contributed by atoms with Crippen LogP contribution in [0.2, 0.25) is 0 Å². The third kappa shape index (κ3) is 5.40. The van der Waals surface area contributed by atoms with Crippen LogP contribution in [-0.4, -0.2) is 52.9 Å². The van der Waals surface area contributed by atoms with E-state index in [1.54, 1.807) is 36.4 Å². The summed E-state index contributed by atoms with van der Waals surface area (Å²) >= 11 is 0. The van der Waals surface area contributed by atoms with Crippen molar-refractivity contribution in [3.05, 3.63) is 65.4 Å². The Bertz CT molecular complexity index is 1110. The van der Waals surface area contributed by atoms with Gasteiger partial charge >= 0.3 is 5.91 Å². The average Bonchev–Trinajstić information content (AvgIpc) is 3.17. The van der Waals surface area contributed by atoms with Crippen molar-refractivity contribution < 1.29 is 34.0 Å². The molecular formula is C21H22N4O7. The maximum Gasteiger partial charge on any atom is 0.313 e. The molecule has 3 amide bonds. The van der Waals surface area contributed by atoms with Gasteiger partial charge in [-0.2, -0.15) is 0 Å². The van der Waals surface area contributed by atoms with Crippen molar-refractivity contribution in [2.24, 2.45) is 5.73 Å². The van der Waals surface area contributed by atoms with Gasteiger partial charge in [0, 0.05) is 23.1 Å². The van der Waals surface area contributed by atoms with Crippen LogP contribution in [0.5, 0.6) is 5.75 Å². The number of nitrogens with zero attached hydrogens (tertiary/aromatic N) is 1. The quantitative estimate of drug-likeness (QED) is 0.229. The maximum absolute atomic E-state index is 12.8. The second-order valence-corrected chi connectivity index (χ2v) is 6.71. The maximum atomic E-state index is 12.8. The second kappa shape index (κ2) is 10.4. The molecule has 0 unspecified atom stereocenters. The lowest BCUT2D eigenvalue weighted by molar-refractivity contribution is -0.128. The van der Waals surface area contributed by atoms with E-state index >= 15 is 0 Å². The lowest BCUT2D eigenvalue weighted by Crippen LogP contribution is -2.33. The molecule has 0 saturated carbocycles. The van der Waals surface area contributed by atoms with Crippen molar-refractivity contribution in [3.63, 3.8) is 0 Å². The van der Waals surface area contributed by atoms with Gasteiger partial charge < -0.3 is 20.2 Å². The number of hydrogen-bond acceptors (Lipinski definition) is 8. The molecule has 6 N–H and O–H groups in total. The Hall–Kier alpha value is -3.93. The highest BCUT2D eigenvalue weighted by Crippen LogP contribution is 2.26. The van der Waals surface area contributed by atoms with E-state index in [0.29, 0.717) is 32.9 Å². The molecule has 0 aliphatic rings. The molecule has 2 aromatic carbocycles. The number of para-hydroxylation sites is 1. The van der Waals surface area contributed by atoms with Gasteiger partial charge in [-0.3, -0.25) is 24.8 Å². The third-order valence-electron chi connectivity index (χ3n) is 4.55. The summed E-state index contributed by atoms with van der Waals surface area (Å²) in [4.78, 5) is 35.1. The smallest absolute Gasteiger partial charge is 0.313 e. The fraction of sp³-hybridized carbons (Fsp3) is 0.190. The number of hydrogen-bond donors (Lipinski definition) is 5. The highest BCUT2D eigenvalue weighted by Gasteiger charge is 2.24. The summed E-state index contributed by atoms with van der Waals surface area (Å²) < 4.78 is 11.1. The van der Waals surface area contributed by atoms with Gasteiger partial charge in [-0.15, -0.1) is 0 Å². The molecule has 0 atom stereocenters. The zero-order valence-corrected chi connectivity index (χ0v) is 16.9. The van der Waals surface area contributed by atoms with Gasteiger partial charge in [0.2, 0.25) is 5.91 Å². The lowest BCUT2D eigenvalue weighted by atomic mass is 10.1. The molecule has 11 nitrogen and oxygen atoms in total. The van der Waals surface area contributed by atoms with Crippen LogP contribution in [0.3, 0.4) is 0 Å². The van der Waals surface area contributed by atoms with Gasteiger partial charge in [-0.05, 0) is 30.3 Å². The number of primary amides is 1. The summed E-state index contributed by atoms with van der Waals surface area (Å²) in [5, 5.41) is 22.7. The number of nitrogens with one attached hydrogen (secondary N) is 2. The van der Waals surface area contributed by atoms with Crippen LogP contribution in [0.4, 0.5) is 0 Å². The zero-order valence-electron chi connectivity index (χ0n) is 16.9. The predicted octanol–water partition coefficient (Wildman–Crippen LogP) is 1.04. The van der Waals surface area contributed by atoms with Gasteiger partial charge in [0.25, 0.3) is 5.91 Å². The molecule has 0 aliphatic heterocycles. The molecule has 0 saturated heterocycles. The molecule has 0 radical (unpaired) electrons. The second-order valence-electron chi connectivity index (χ2n) is 6.71. The monoisotopic (exact) mass is 442 g/mol. The average molecular weight is 442 g/mol. The lowest BCUT2D eigenvalue weighted by Gasteiger charge is -2.15. The molecule has 0 spiro atoms. The predicted molar refractivity (Wildman–Crippen MR) is 111 cm³/mol. The number of amides is 3. The first-order valence-corrected chi connectivity index (χ1v) is 9.58. The van der Waals surface area contributed by atoms with Crippen LogP contribution in [0, 0.1) is 0 Å². The molecule has 0 aliphatic carbocycles. The first-order chi connectivity index (χ1) is 15.4. The molecule has 168 valence electrons. The Morgan fingerprint density at radius 1 is 1.09 bits per heavy atom. The van der Waals surface area contributed by atoms with Crippen LogP contribution >= 0.6 is 0 Å². The number of nitrogens with two attached hydrogens (primary N) is 1. The standard InChI is InChI=1S/C21H22N4O7/c22-20(27)13-5-7-14(8-6-13)31-10-9-25(30)21(28)19-16(11-23-12-18(26)24-29)15-3-1-2-4-17(15)32-19/h1-8,23,29-30H,9-12H2,(H2,22,27)(H,24,26). The van der Waals surface area contributed by atoms with Gasteiger partial charge in [-0.1, -0.05) is 18.2 Å². The van der Waals surface area contributed by atoms with Crippen molar-refractivity contribution in [1.82, 2.24) is 15.9 Å². The molecule has 1 aromatic heterocycles. The van der Waals surface area contributed by atoms with E-state index in [9.17, 15) is 19.6 Å². The van der Waals surface area contributed by atoms with E-state index < -0.39 is 17.7 Å². The largest absolute Gasteiger partial charge is 0.492 e. The van der Waals surface area contributed by atoms with Crippen molar-refractivity contribution in [3.8, 4) is 5.75 Å². The highest BCUT2D eigenvalue weighted by atomic mass is 16.5. The SMILES string of the molecule is NC(=O)c1ccc(OCCN(O)C(=O)c2oc3ccccc3c2CNCC(=O)NO)cc1. The van der Waals surface area contributed by atoms with Crippen LogP contribution in [0.1, 0.15) is 26.5 Å². The van der Waals surface area contributed by atoms with Gasteiger partial charge in [-0.25, -0.2) is 10.5 Å². The topological polar surface area (TPSA) is 167 Å². The molecule has 3 aromatic rings. The number of furan rings is 1. The Balaban J connectivity index is 1.66. The number of carbonyl (C=O) groups excluding carboxylic acids is 3. The Morgan fingerprint density at radius 2 is 1.81 bits per heavy atom. The van der Waals surface area contributed by atoms with E-state index in [2.05, 4.69) is 5.32 Å². The number of carbonyl (C=O) groups is 3. The van der Waals surface area contributed by atoms with Gasteiger partial charge in [0.1, 0.15) is 17.9 Å². The Kier molecular flexibility index (Phi) is 7.39. The first kappa shape index (κ1) is 22.7. The minimum atomic E-state index is -0.780. The van der Waals surface area contributed by atoms with Gasteiger partial charge in [0.15, 0.2) is 5.76 Å². The first-order valence-electron chi connectivity index (χ1n) is 9.58. The summed E-state index contributed by atoms with van der Waals surface area (Å²) in [6.45, 7) is -0.285. The third-order valence-corrected chi connectivity index (χ3v) is 4.55. The van der Waals surface area contributed by atoms with Crippen LogP contribution in [0.25, 0.3) is 11.0 Å². The van der Waals surface area contributed by atoms with Gasteiger partial charge in [0.05, 0.1) is 13.1 Å². The summed E-state index contributed by atoms with van der Waals surface area (Å²) in [6, 6.07) is 13.0. The van der Waals surface area contributed by atoms with Crippen molar-refractivity contribution in [2.45, 2.75) is 6.54 Å². The van der Waals surface area contributed by atoms with E-state index in [4.69, 9.17) is 20.1 Å². The normalized spacial score (nSPS) is 10.7. The molecule has 32 heavy (non-hydrogen) atoms. The number of ether oxygens (including phenoxy) is 1. The Labute approximate surface area is 182 Å². The molecular weight excluding hydrogens is 420 g/mol. The number of fused-ring (bicyclic) bond motifs is 1. The van der Waals surface area contributed by atoms with E-state index in [-0.39, 0.29) is 32.0 Å². The van der Waals surface area contributed by atoms with Crippen LogP contribution in [-0.2, 0) is 11.3 Å². The molecule has 3 rings (SSSR count). The minimum absolute atomic E-state index is 0.0252. The molecule has 1 heterocycles. The Morgan fingerprint density at radius 3 is 2.50 bits per heavy atom. The van der Waals surface area contributed by atoms with Crippen LogP contribution < -0.4 is 21.3 Å². The number of benzene rings is 2. The van der Waals surface area contributed by atoms with Crippen molar-refractivity contribution >= 4 is 28.7 Å². The number of hydroxylamine groups is 3. The van der Waals surface area contributed by atoms with Crippen LogP contribution in [0.15, 0.2) is 52.9 Å². The highest BCUT2D eigenvalue weighted by molar-refractivity contribution is 5.98.